The third-order valence-corrected chi connectivity index (χ3v) is 14.5. The summed E-state index contributed by atoms with van der Waals surface area (Å²) < 4.78 is 28.7. The second kappa shape index (κ2) is 16.8. The van der Waals surface area contributed by atoms with E-state index in [1.54, 1.807) is 48.0 Å². The number of hydrogen-bond acceptors (Lipinski definition) is 10. The number of fused-ring (bicyclic) bond motifs is 3. The van der Waals surface area contributed by atoms with Crippen molar-refractivity contribution in [2.75, 3.05) is 23.4 Å². The number of carbonyl (C=O) groups is 3. The van der Waals surface area contributed by atoms with Crippen molar-refractivity contribution in [3.05, 3.63) is 82.5 Å². The Kier molecular flexibility index (Phi) is 12.6. The molecule has 10 atom stereocenters. The Balaban J connectivity index is 1.35. The van der Waals surface area contributed by atoms with Crippen LogP contribution in [-0.4, -0.2) is 113 Å². The summed E-state index contributed by atoms with van der Waals surface area (Å²) in [6.07, 6.45) is -4.25. The molecular weight excluding hydrogens is 754 g/mol. The second-order valence-electron chi connectivity index (χ2n) is 16.7. The molecule has 2 saturated heterocycles. The third kappa shape index (κ3) is 8.26. The van der Waals surface area contributed by atoms with E-state index in [1.807, 2.05) is 51.1 Å². The van der Waals surface area contributed by atoms with E-state index in [0.717, 1.165) is 29.5 Å². The van der Waals surface area contributed by atoms with Gasteiger partial charge in [0.2, 0.25) is 14.3 Å². The molecule has 310 valence electrons. The van der Waals surface area contributed by atoms with Crippen molar-refractivity contribution in [3.63, 3.8) is 0 Å². The molecule has 2 aromatic carbocycles. The van der Waals surface area contributed by atoms with Crippen LogP contribution in [0.15, 0.2) is 65.8 Å². The quantitative estimate of drug-likeness (QED) is 0.111. The Morgan fingerprint density at radius 2 is 1.72 bits per heavy atom. The fourth-order valence-corrected chi connectivity index (χ4v) is 11.6. The van der Waals surface area contributed by atoms with E-state index in [2.05, 4.69) is 11.4 Å². The largest absolute Gasteiger partial charge is 0.394 e. The van der Waals surface area contributed by atoms with Crippen molar-refractivity contribution in [2.24, 2.45) is 5.92 Å². The Morgan fingerprint density at radius 1 is 1.02 bits per heavy atom. The van der Waals surface area contributed by atoms with Crippen molar-refractivity contribution in [2.45, 2.75) is 127 Å². The van der Waals surface area contributed by atoms with Crippen molar-refractivity contribution >= 4 is 37.5 Å². The number of rotatable bonds is 11. The first-order valence-corrected chi connectivity index (χ1v) is 22.6. The molecule has 15 heteroatoms. The summed E-state index contributed by atoms with van der Waals surface area (Å²) in [6.45, 7) is 11.1. The van der Waals surface area contributed by atoms with E-state index in [9.17, 15) is 39.9 Å². The lowest BCUT2D eigenvalue weighted by molar-refractivity contribution is -0.274. The van der Waals surface area contributed by atoms with Gasteiger partial charge in [0.25, 0.3) is 11.8 Å². The molecule has 6 rings (SSSR count). The average Bonchev–Trinajstić information content (AvgIpc) is 3.58. The van der Waals surface area contributed by atoms with Gasteiger partial charge in [0.15, 0.2) is 18.0 Å². The van der Waals surface area contributed by atoms with Gasteiger partial charge in [-0.3, -0.25) is 14.4 Å². The van der Waals surface area contributed by atoms with Gasteiger partial charge in [-0.25, -0.2) is 0 Å². The fraction of sp³-hybridized carbons (Fsp3) is 0.548. The van der Waals surface area contributed by atoms with Gasteiger partial charge in [0, 0.05) is 35.8 Å². The van der Waals surface area contributed by atoms with Gasteiger partial charge in [-0.2, -0.15) is 0 Å². The fourth-order valence-electron chi connectivity index (χ4n) is 9.07. The maximum absolute atomic E-state index is 16.7. The molecule has 4 aliphatic rings. The van der Waals surface area contributed by atoms with Gasteiger partial charge in [-0.05, 0) is 82.5 Å². The molecule has 0 radical (unpaired) electrons. The van der Waals surface area contributed by atoms with Crippen molar-refractivity contribution in [1.29, 1.82) is 0 Å². The van der Waals surface area contributed by atoms with Crippen LogP contribution in [0.2, 0.25) is 18.6 Å². The Morgan fingerprint density at radius 3 is 2.39 bits per heavy atom. The Labute approximate surface area is 334 Å². The molecule has 2 aromatic rings. The molecule has 1 spiro atoms. The number of ether oxygens (including phenoxy) is 2. The molecule has 0 saturated carbocycles. The minimum atomic E-state index is -3.68. The number of anilines is 2. The van der Waals surface area contributed by atoms with Gasteiger partial charge in [-0.1, -0.05) is 54.5 Å². The molecular formula is C42H56FN3O10Si. The maximum Gasteiger partial charge on any atom is 0.264 e. The number of carbonyl (C=O) groups excluding carboxylic acids is 3. The molecule has 57 heavy (non-hydrogen) atoms. The van der Waals surface area contributed by atoms with Crippen LogP contribution in [0.1, 0.15) is 63.6 Å². The van der Waals surface area contributed by atoms with E-state index < -0.39 is 80.1 Å². The number of amides is 3. The first-order valence-electron chi connectivity index (χ1n) is 19.7. The van der Waals surface area contributed by atoms with E-state index in [4.69, 9.17) is 9.47 Å². The summed E-state index contributed by atoms with van der Waals surface area (Å²) in [5.41, 5.74) is 2.75. The highest BCUT2D eigenvalue weighted by atomic mass is 28.4. The minimum absolute atomic E-state index is 0.161. The lowest BCUT2D eigenvalue weighted by atomic mass is 9.82. The first-order chi connectivity index (χ1) is 26.9. The molecule has 0 aliphatic carbocycles. The molecule has 3 amide bonds. The van der Waals surface area contributed by atoms with Gasteiger partial charge in [-0.15, -0.1) is 0 Å². The van der Waals surface area contributed by atoms with Crippen LogP contribution in [0, 0.1) is 5.92 Å². The van der Waals surface area contributed by atoms with Crippen LogP contribution in [0.3, 0.4) is 0 Å². The predicted molar refractivity (Wildman–Crippen MR) is 213 cm³/mol. The minimum Gasteiger partial charge on any atom is -0.394 e. The van der Waals surface area contributed by atoms with Crippen LogP contribution >= 0.6 is 0 Å². The SMILES string of the molecule is CC(C)=CCC/C(C)=C/CN1C(=O)[C@@]2(O[C@@H](CC(=O)N3Cc4ccccc4C[C@H]3CO)[C@H]([Si](C)(C)F)[C@H]2C)c2cc(NC(=O)[C@H]3O[C@@H](O)[C@H](O)[C@@H](O)[C@@H]3O)ccc21. The van der Waals surface area contributed by atoms with E-state index >= 15 is 4.11 Å². The second-order valence-corrected chi connectivity index (χ2v) is 20.5. The molecule has 13 nitrogen and oxygen atoms in total. The standard InChI is InChI=1S/C42H56FN3O10Si/c1-23(2)10-9-11-24(3)16-17-45-31-15-14-28(44-39(52)37-35(50)34(49)36(51)40(53)55-37)19-30(31)42(41(45)54)25(4)38(57(5,6)43)32(56-42)20-33(48)46-21-27-13-8-7-12-26(27)18-29(46)22-47/h7-8,10,12-16,19,25,29,32,34-38,40,47,49-51,53H,9,11,17-18,20-22H2,1-6H3,(H,44,52)/b24-16+/t25-,29+,32+,34+,35+,36-,37+,38-,40-,42+/m1/s1. The number of halogens is 1. The van der Waals surface area contributed by atoms with Gasteiger partial charge < -0.3 is 54.2 Å². The predicted octanol–water partition coefficient (Wildman–Crippen LogP) is 3.58. The van der Waals surface area contributed by atoms with Crippen LogP contribution in [0.25, 0.3) is 0 Å². The normalized spacial score (nSPS) is 31.3. The zero-order chi connectivity index (χ0) is 41.6. The number of hydrogen-bond donors (Lipinski definition) is 6. The Bertz CT molecular complexity index is 1920. The van der Waals surface area contributed by atoms with Crippen molar-refractivity contribution in [3.8, 4) is 0 Å². The molecule has 0 unspecified atom stereocenters. The molecule has 4 heterocycles. The number of aliphatic hydroxyl groups excluding tert-OH is 5. The summed E-state index contributed by atoms with van der Waals surface area (Å²) in [5.74, 6) is -2.43. The van der Waals surface area contributed by atoms with E-state index in [-0.39, 0.29) is 37.7 Å². The van der Waals surface area contributed by atoms with Gasteiger partial charge in [0.05, 0.1) is 30.9 Å². The smallest absolute Gasteiger partial charge is 0.264 e. The van der Waals surface area contributed by atoms with E-state index in [0.29, 0.717) is 17.7 Å². The van der Waals surface area contributed by atoms with Crippen LogP contribution < -0.4 is 10.2 Å². The Hall–Kier alpha value is -3.80. The zero-order valence-electron chi connectivity index (χ0n) is 33.4. The lowest BCUT2D eigenvalue weighted by Crippen LogP contribution is -2.60. The summed E-state index contributed by atoms with van der Waals surface area (Å²) in [7, 11) is -3.68. The highest BCUT2D eigenvalue weighted by Crippen LogP contribution is 2.60. The number of nitrogens with zero attached hydrogens (tertiary/aromatic N) is 2. The van der Waals surface area contributed by atoms with Crippen molar-refractivity contribution < 1.29 is 53.5 Å². The van der Waals surface area contributed by atoms with Gasteiger partial charge in [0.1, 0.15) is 18.3 Å². The lowest BCUT2D eigenvalue weighted by Gasteiger charge is -2.37. The summed E-state index contributed by atoms with van der Waals surface area (Å²) in [6, 6.07) is 12.0. The molecule has 4 aliphatic heterocycles. The van der Waals surface area contributed by atoms with Crippen molar-refractivity contribution in [1.82, 2.24) is 4.90 Å². The number of benzene rings is 2. The topological polar surface area (TPSA) is 189 Å². The zero-order valence-corrected chi connectivity index (χ0v) is 34.4. The number of aliphatic hydroxyl groups is 5. The molecule has 2 fully saturated rings. The summed E-state index contributed by atoms with van der Waals surface area (Å²) in [5, 5.41) is 53.6. The monoisotopic (exact) mass is 809 g/mol. The number of nitrogens with one attached hydrogen (secondary N) is 1. The third-order valence-electron chi connectivity index (χ3n) is 12.1. The number of allylic oxidation sites excluding steroid dienone is 3. The highest BCUT2D eigenvalue weighted by Gasteiger charge is 2.67. The van der Waals surface area contributed by atoms with Crippen LogP contribution in [-0.2, 0) is 42.4 Å². The van der Waals surface area contributed by atoms with Crippen LogP contribution in [0.5, 0.6) is 0 Å². The molecule has 0 bridgehead atoms. The average molecular weight is 810 g/mol. The first kappa shape index (κ1) is 42.8. The van der Waals surface area contributed by atoms with E-state index in [1.165, 1.54) is 5.57 Å². The molecule has 6 N–H and O–H groups in total. The summed E-state index contributed by atoms with van der Waals surface area (Å²) in [4.78, 5) is 45.8. The maximum atomic E-state index is 16.7. The summed E-state index contributed by atoms with van der Waals surface area (Å²) >= 11 is 0. The van der Waals surface area contributed by atoms with Gasteiger partial charge >= 0.3 is 0 Å². The highest BCUT2D eigenvalue weighted by molar-refractivity contribution is 6.72. The molecule has 0 aromatic heterocycles. The van der Waals surface area contributed by atoms with Crippen LogP contribution in [0.4, 0.5) is 15.5 Å².